The molecule has 5 nitrogen and oxygen atoms in total. The Morgan fingerprint density at radius 1 is 1.18 bits per heavy atom. The van der Waals surface area contributed by atoms with Crippen LogP contribution in [0.2, 0.25) is 0 Å². The summed E-state index contributed by atoms with van der Waals surface area (Å²) >= 11 is 0. The number of hydrogen-bond donors (Lipinski definition) is 1. The molecule has 0 aliphatic carbocycles. The highest BCUT2D eigenvalue weighted by atomic mass is 19.4. The first-order valence-corrected chi connectivity index (χ1v) is 6.19. The fourth-order valence-electron chi connectivity index (χ4n) is 2.24. The molecule has 0 spiro atoms. The highest BCUT2D eigenvalue weighted by Gasteiger charge is 2.35. The Kier molecular flexibility index (Phi) is 3.09. The molecule has 2 N–H and O–H groups in total. The van der Waals surface area contributed by atoms with E-state index < -0.39 is 17.6 Å². The van der Waals surface area contributed by atoms with Crippen molar-refractivity contribution >= 4 is 11.6 Å². The molecule has 0 fully saturated rings. The third-order valence-corrected chi connectivity index (χ3v) is 3.13. The van der Waals surface area contributed by atoms with Gasteiger partial charge in [0, 0.05) is 18.0 Å². The Balaban J connectivity index is 2.37. The summed E-state index contributed by atoms with van der Waals surface area (Å²) in [5.74, 6) is -0.888. The van der Waals surface area contributed by atoms with Crippen LogP contribution in [0.4, 0.5) is 13.2 Å². The highest BCUT2D eigenvalue weighted by Crippen LogP contribution is 2.37. The summed E-state index contributed by atoms with van der Waals surface area (Å²) in [5.41, 5.74) is 4.04. The van der Waals surface area contributed by atoms with Crippen LogP contribution in [0.25, 0.3) is 16.9 Å². The van der Waals surface area contributed by atoms with E-state index in [1.165, 1.54) is 35.1 Å². The van der Waals surface area contributed by atoms with Crippen molar-refractivity contribution in [2.75, 3.05) is 0 Å². The van der Waals surface area contributed by atoms with E-state index in [0.717, 1.165) is 6.07 Å². The Hall–Kier alpha value is -2.90. The normalized spacial score (nSPS) is 11.8. The molecule has 0 atom stereocenters. The second-order valence-corrected chi connectivity index (χ2v) is 4.52. The number of alkyl halides is 3. The molecule has 0 saturated carbocycles. The molecule has 8 heteroatoms. The van der Waals surface area contributed by atoms with Gasteiger partial charge in [-0.15, -0.1) is 0 Å². The quantitative estimate of drug-likeness (QED) is 0.790. The van der Waals surface area contributed by atoms with Crippen molar-refractivity contribution < 1.29 is 18.0 Å². The molecule has 3 rings (SSSR count). The van der Waals surface area contributed by atoms with Gasteiger partial charge in [0.25, 0.3) is 5.91 Å². The first-order chi connectivity index (χ1) is 10.4. The summed E-state index contributed by atoms with van der Waals surface area (Å²) in [7, 11) is 0. The van der Waals surface area contributed by atoms with Gasteiger partial charge in [-0.3, -0.25) is 4.79 Å². The second kappa shape index (κ2) is 4.83. The van der Waals surface area contributed by atoms with E-state index in [2.05, 4.69) is 10.1 Å². The molecule has 112 valence electrons. The van der Waals surface area contributed by atoms with Crippen molar-refractivity contribution in [2.24, 2.45) is 5.73 Å². The van der Waals surface area contributed by atoms with Crippen molar-refractivity contribution in [2.45, 2.75) is 6.18 Å². The smallest absolute Gasteiger partial charge is 0.365 e. The Labute approximate surface area is 122 Å². The number of hydrogen-bond acceptors (Lipinski definition) is 3. The van der Waals surface area contributed by atoms with Crippen molar-refractivity contribution in [1.29, 1.82) is 0 Å². The number of carbonyl (C=O) groups is 1. The number of rotatable bonds is 2. The topological polar surface area (TPSA) is 73.3 Å². The van der Waals surface area contributed by atoms with Crippen molar-refractivity contribution in [3.63, 3.8) is 0 Å². The minimum absolute atomic E-state index is 0.113. The summed E-state index contributed by atoms with van der Waals surface area (Å²) in [6.07, 6.45) is -1.69. The zero-order valence-electron chi connectivity index (χ0n) is 11.0. The summed E-state index contributed by atoms with van der Waals surface area (Å²) in [6.45, 7) is 0. The van der Waals surface area contributed by atoms with Gasteiger partial charge in [-0.1, -0.05) is 18.2 Å². The van der Waals surface area contributed by atoms with Gasteiger partial charge in [0.1, 0.15) is 11.3 Å². The molecule has 2 heterocycles. The number of amides is 1. The van der Waals surface area contributed by atoms with E-state index in [1.807, 2.05) is 0 Å². The molecule has 1 aromatic carbocycles. The number of halogens is 3. The molecule has 0 unspecified atom stereocenters. The summed E-state index contributed by atoms with van der Waals surface area (Å²) in [4.78, 5) is 15.6. The first kappa shape index (κ1) is 14.1. The van der Waals surface area contributed by atoms with Crippen LogP contribution in [0.3, 0.4) is 0 Å². The van der Waals surface area contributed by atoms with E-state index in [9.17, 15) is 18.0 Å². The molecule has 22 heavy (non-hydrogen) atoms. The minimum Gasteiger partial charge on any atom is -0.365 e. The zero-order chi connectivity index (χ0) is 15.9. The van der Waals surface area contributed by atoms with E-state index in [0.29, 0.717) is 0 Å². The van der Waals surface area contributed by atoms with Crippen molar-refractivity contribution in [1.82, 2.24) is 14.6 Å². The standard InChI is InChI=1S/C14H9F3N4O/c15-14(16,17)9-5-2-1-4-8(9)11-10(12(18)22)13-19-6-3-7-21(13)20-11/h1-7H,(H2,18,22). The third kappa shape index (κ3) is 2.18. The van der Waals surface area contributed by atoms with Crippen LogP contribution in [0, 0.1) is 0 Å². The van der Waals surface area contributed by atoms with Gasteiger partial charge < -0.3 is 5.73 Å². The SMILES string of the molecule is NC(=O)c1c(-c2ccccc2C(F)(F)F)nn2cccnc12. The number of nitrogens with two attached hydrogens (primary N) is 1. The maximum atomic E-state index is 13.2. The van der Waals surface area contributed by atoms with Gasteiger partial charge in [-0.2, -0.15) is 18.3 Å². The van der Waals surface area contributed by atoms with Gasteiger partial charge in [0.15, 0.2) is 5.65 Å². The largest absolute Gasteiger partial charge is 0.417 e. The number of primary amides is 1. The molecule has 0 aliphatic rings. The maximum Gasteiger partial charge on any atom is 0.417 e. The lowest BCUT2D eigenvalue weighted by atomic mass is 10.0. The third-order valence-electron chi connectivity index (χ3n) is 3.13. The lowest BCUT2D eigenvalue weighted by Gasteiger charge is -2.11. The summed E-state index contributed by atoms with van der Waals surface area (Å²) in [5, 5.41) is 4.03. The predicted molar refractivity (Wildman–Crippen MR) is 71.9 cm³/mol. The van der Waals surface area contributed by atoms with Crippen molar-refractivity contribution in [3.8, 4) is 11.3 Å². The Morgan fingerprint density at radius 3 is 2.59 bits per heavy atom. The minimum atomic E-state index is -4.57. The van der Waals surface area contributed by atoms with E-state index >= 15 is 0 Å². The van der Waals surface area contributed by atoms with Gasteiger partial charge in [-0.05, 0) is 12.1 Å². The molecule has 0 radical (unpaired) electrons. The number of fused-ring (bicyclic) bond motifs is 1. The molecule has 0 saturated heterocycles. The van der Waals surface area contributed by atoms with Crippen LogP contribution in [0.15, 0.2) is 42.7 Å². The van der Waals surface area contributed by atoms with Crippen LogP contribution < -0.4 is 5.73 Å². The summed E-state index contributed by atoms with van der Waals surface area (Å²) in [6, 6.07) is 6.43. The lowest BCUT2D eigenvalue weighted by Crippen LogP contribution is -2.13. The average Bonchev–Trinajstić information content (AvgIpc) is 2.85. The summed E-state index contributed by atoms with van der Waals surface area (Å²) < 4.78 is 40.7. The molecule has 0 bridgehead atoms. The Morgan fingerprint density at radius 2 is 1.91 bits per heavy atom. The monoisotopic (exact) mass is 306 g/mol. The molecular formula is C14H9F3N4O. The van der Waals surface area contributed by atoms with Gasteiger partial charge in [0.05, 0.1) is 5.56 Å². The van der Waals surface area contributed by atoms with Crippen molar-refractivity contribution in [3.05, 3.63) is 53.9 Å². The number of carbonyl (C=O) groups excluding carboxylic acids is 1. The number of aromatic nitrogens is 3. The molecule has 3 aromatic rings. The van der Waals surface area contributed by atoms with Crippen LogP contribution in [-0.4, -0.2) is 20.5 Å². The fourth-order valence-corrected chi connectivity index (χ4v) is 2.24. The Bertz CT molecular complexity index is 870. The maximum absolute atomic E-state index is 13.2. The van der Waals surface area contributed by atoms with Gasteiger partial charge in [-0.25, -0.2) is 9.50 Å². The van der Waals surface area contributed by atoms with E-state index in [4.69, 9.17) is 5.73 Å². The first-order valence-electron chi connectivity index (χ1n) is 6.19. The van der Waals surface area contributed by atoms with E-state index in [1.54, 1.807) is 6.07 Å². The predicted octanol–water partition coefficient (Wildman–Crippen LogP) is 2.51. The highest BCUT2D eigenvalue weighted by molar-refractivity contribution is 6.04. The van der Waals surface area contributed by atoms with Gasteiger partial charge >= 0.3 is 6.18 Å². The second-order valence-electron chi connectivity index (χ2n) is 4.52. The van der Waals surface area contributed by atoms with Crippen LogP contribution in [0.1, 0.15) is 15.9 Å². The number of nitrogens with zero attached hydrogens (tertiary/aromatic N) is 3. The van der Waals surface area contributed by atoms with Gasteiger partial charge in [0.2, 0.25) is 0 Å². The molecule has 0 aliphatic heterocycles. The molecular weight excluding hydrogens is 297 g/mol. The lowest BCUT2D eigenvalue weighted by molar-refractivity contribution is -0.137. The number of benzene rings is 1. The zero-order valence-corrected chi connectivity index (χ0v) is 11.0. The molecule has 2 aromatic heterocycles. The van der Waals surface area contributed by atoms with Crippen LogP contribution in [0.5, 0.6) is 0 Å². The fraction of sp³-hybridized carbons (Fsp3) is 0.0714. The molecule has 1 amide bonds. The average molecular weight is 306 g/mol. The van der Waals surface area contributed by atoms with E-state index in [-0.39, 0.29) is 22.5 Å². The van der Waals surface area contributed by atoms with Crippen LogP contribution >= 0.6 is 0 Å². The van der Waals surface area contributed by atoms with Crippen LogP contribution in [-0.2, 0) is 6.18 Å².